The number of nitrogens with one attached hydrogen (secondary N) is 1. The molecular weight excluding hydrogens is 290 g/mol. The molecule has 1 amide bonds. The molecule has 0 atom stereocenters. The number of anilines is 1. The lowest BCUT2D eigenvalue weighted by atomic mass is 10.2. The van der Waals surface area contributed by atoms with E-state index in [1.807, 2.05) is 0 Å². The molecule has 2 N–H and O–H groups in total. The fourth-order valence-electron chi connectivity index (χ4n) is 1.32. The van der Waals surface area contributed by atoms with Gasteiger partial charge in [-0.15, -0.1) is 0 Å². The van der Waals surface area contributed by atoms with Crippen molar-refractivity contribution in [1.82, 2.24) is 0 Å². The number of carbonyl (C=O) groups is 3. The zero-order valence-electron chi connectivity index (χ0n) is 10.5. The topological polar surface area (TPSA) is 102 Å². The Hall–Kier alpha value is -2.12. The summed E-state index contributed by atoms with van der Waals surface area (Å²) in [4.78, 5) is 33.3. The number of halogens is 1. The number of carboxylic acids is 1. The first-order chi connectivity index (χ1) is 9.43. The first-order valence-corrected chi connectivity index (χ1v) is 5.79. The van der Waals surface area contributed by atoms with Gasteiger partial charge in [-0.3, -0.25) is 4.79 Å². The minimum Gasteiger partial charge on any atom is -0.480 e. The first-order valence-electron chi connectivity index (χ1n) is 5.41. The normalized spacial score (nSPS) is 9.90. The predicted molar refractivity (Wildman–Crippen MR) is 69.9 cm³/mol. The van der Waals surface area contributed by atoms with Gasteiger partial charge in [0.05, 0.1) is 18.4 Å². The lowest BCUT2D eigenvalue weighted by Gasteiger charge is -2.10. The highest BCUT2D eigenvalue weighted by Gasteiger charge is 2.14. The second-order valence-electron chi connectivity index (χ2n) is 3.62. The number of rotatable bonds is 6. The largest absolute Gasteiger partial charge is 0.480 e. The molecule has 7 nitrogen and oxygen atoms in total. The molecule has 1 aromatic carbocycles. The molecule has 0 aliphatic carbocycles. The molecule has 0 bridgehead atoms. The van der Waals surface area contributed by atoms with Crippen LogP contribution < -0.4 is 5.32 Å². The summed E-state index contributed by atoms with van der Waals surface area (Å²) in [6.45, 7) is -1.03. The van der Waals surface area contributed by atoms with Crippen molar-refractivity contribution in [2.75, 3.05) is 25.6 Å². The number of methoxy groups -OCH3 is 1. The third kappa shape index (κ3) is 4.87. The van der Waals surface area contributed by atoms with E-state index in [0.717, 1.165) is 0 Å². The minimum atomic E-state index is -1.18. The van der Waals surface area contributed by atoms with E-state index in [-0.39, 0.29) is 11.3 Å². The Balaban J connectivity index is 2.74. The summed E-state index contributed by atoms with van der Waals surface area (Å²) >= 11 is 5.76. The van der Waals surface area contributed by atoms with E-state index in [2.05, 4.69) is 14.8 Å². The Morgan fingerprint density at radius 2 is 2.00 bits per heavy atom. The van der Waals surface area contributed by atoms with Crippen molar-refractivity contribution in [3.63, 3.8) is 0 Å². The molecule has 0 aliphatic heterocycles. The van der Waals surface area contributed by atoms with Gasteiger partial charge in [-0.25, -0.2) is 9.59 Å². The standard InChI is InChI=1S/C12H12ClNO6/c1-19-12(18)8-4-7(13)2-3-9(8)14-10(15)5-20-6-11(16)17/h2-4H,5-6H2,1H3,(H,14,15)(H,16,17). The maximum atomic E-state index is 11.5. The summed E-state index contributed by atoms with van der Waals surface area (Å²) in [5.41, 5.74) is 0.289. The summed E-state index contributed by atoms with van der Waals surface area (Å²) < 4.78 is 9.19. The molecule has 0 spiro atoms. The van der Waals surface area contributed by atoms with Crippen LogP contribution in [0.3, 0.4) is 0 Å². The van der Waals surface area contributed by atoms with E-state index >= 15 is 0 Å². The summed E-state index contributed by atoms with van der Waals surface area (Å²) in [6.07, 6.45) is 0. The van der Waals surface area contributed by atoms with E-state index in [1.54, 1.807) is 0 Å². The number of hydrogen-bond acceptors (Lipinski definition) is 5. The van der Waals surface area contributed by atoms with Crippen LogP contribution in [0.2, 0.25) is 5.02 Å². The van der Waals surface area contributed by atoms with Crippen molar-refractivity contribution in [2.24, 2.45) is 0 Å². The molecule has 1 aromatic rings. The maximum Gasteiger partial charge on any atom is 0.340 e. The summed E-state index contributed by atoms with van der Waals surface area (Å²) in [7, 11) is 1.20. The summed E-state index contributed by atoms with van der Waals surface area (Å²) in [5, 5.41) is 11.1. The highest BCUT2D eigenvalue weighted by Crippen LogP contribution is 2.21. The van der Waals surface area contributed by atoms with Crippen LogP contribution in [0.4, 0.5) is 5.69 Å². The molecule has 0 saturated heterocycles. The van der Waals surface area contributed by atoms with E-state index < -0.39 is 31.1 Å². The molecular formula is C12H12ClNO6. The average molecular weight is 302 g/mol. The van der Waals surface area contributed by atoms with Crippen molar-refractivity contribution in [2.45, 2.75) is 0 Å². The fraction of sp³-hybridized carbons (Fsp3) is 0.250. The maximum absolute atomic E-state index is 11.5. The van der Waals surface area contributed by atoms with Crippen LogP contribution in [0.25, 0.3) is 0 Å². The predicted octanol–water partition coefficient (Wildman–Crippen LogP) is 1.17. The Labute approximate surface area is 119 Å². The molecule has 108 valence electrons. The number of hydrogen-bond donors (Lipinski definition) is 2. The summed E-state index contributed by atoms with van der Waals surface area (Å²) in [5.74, 6) is -2.44. The van der Waals surface area contributed by atoms with Crippen LogP contribution >= 0.6 is 11.6 Å². The molecule has 0 radical (unpaired) electrons. The van der Waals surface area contributed by atoms with Gasteiger partial charge < -0.3 is 19.9 Å². The van der Waals surface area contributed by atoms with Gasteiger partial charge in [-0.05, 0) is 18.2 Å². The number of aliphatic carboxylic acids is 1. The molecule has 0 aromatic heterocycles. The number of carboxylic acid groups (broad SMARTS) is 1. The first kappa shape index (κ1) is 15.9. The quantitative estimate of drug-likeness (QED) is 0.765. The van der Waals surface area contributed by atoms with Crippen LogP contribution in [0.5, 0.6) is 0 Å². The molecule has 1 rings (SSSR count). The lowest BCUT2D eigenvalue weighted by Crippen LogP contribution is -2.22. The molecule has 8 heteroatoms. The van der Waals surface area contributed by atoms with Gasteiger partial charge in [-0.1, -0.05) is 11.6 Å². The highest BCUT2D eigenvalue weighted by molar-refractivity contribution is 6.31. The van der Waals surface area contributed by atoms with Gasteiger partial charge >= 0.3 is 11.9 Å². The molecule has 0 heterocycles. The van der Waals surface area contributed by atoms with Gasteiger partial charge in [0.2, 0.25) is 5.91 Å². The zero-order chi connectivity index (χ0) is 15.1. The van der Waals surface area contributed by atoms with Crippen molar-refractivity contribution < 1.29 is 29.0 Å². The number of carbonyl (C=O) groups excluding carboxylic acids is 2. The van der Waals surface area contributed by atoms with Crippen LogP contribution in [0.1, 0.15) is 10.4 Å². The summed E-state index contributed by atoms with van der Waals surface area (Å²) in [6, 6.07) is 4.27. The molecule has 0 saturated carbocycles. The molecule has 20 heavy (non-hydrogen) atoms. The fourth-order valence-corrected chi connectivity index (χ4v) is 1.49. The number of benzene rings is 1. The van der Waals surface area contributed by atoms with Crippen LogP contribution in [0, 0.1) is 0 Å². The number of esters is 1. The van der Waals surface area contributed by atoms with E-state index in [0.29, 0.717) is 5.02 Å². The van der Waals surface area contributed by atoms with E-state index in [1.165, 1.54) is 25.3 Å². The number of amides is 1. The minimum absolute atomic E-state index is 0.0894. The van der Waals surface area contributed by atoms with Gasteiger partial charge in [0.1, 0.15) is 13.2 Å². The van der Waals surface area contributed by atoms with Crippen molar-refractivity contribution in [3.8, 4) is 0 Å². The number of ether oxygens (including phenoxy) is 2. The monoisotopic (exact) mass is 301 g/mol. The smallest absolute Gasteiger partial charge is 0.340 e. The second kappa shape index (κ2) is 7.46. The zero-order valence-corrected chi connectivity index (χ0v) is 11.3. The van der Waals surface area contributed by atoms with Gasteiger partial charge in [-0.2, -0.15) is 0 Å². The lowest BCUT2D eigenvalue weighted by molar-refractivity contribution is -0.143. The van der Waals surface area contributed by atoms with Crippen LogP contribution in [-0.4, -0.2) is 43.3 Å². The molecule has 0 unspecified atom stereocenters. The SMILES string of the molecule is COC(=O)c1cc(Cl)ccc1NC(=O)COCC(=O)O. The second-order valence-corrected chi connectivity index (χ2v) is 4.05. The Morgan fingerprint density at radius 1 is 1.30 bits per heavy atom. The van der Waals surface area contributed by atoms with E-state index in [4.69, 9.17) is 16.7 Å². The van der Waals surface area contributed by atoms with Crippen LogP contribution in [0.15, 0.2) is 18.2 Å². The third-order valence-electron chi connectivity index (χ3n) is 2.12. The Morgan fingerprint density at radius 3 is 2.60 bits per heavy atom. The van der Waals surface area contributed by atoms with Crippen LogP contribution in [-0.2, 0) is 19.1 Å². The highest BCUT2D eigenvalue weighted by atomic mass is 35.5. The Bertz CT molecular complexity index is 531. The van der Waals surface area contributed by atoms with Gasteiger partial charge in [0.15, 0.2) is 0 Å². The van der Waals surface area contributed by atoms with E-state index in [9.17, 15) is 14.4 Å². The van der Waals surface area contributed by atoms with Crippen molar-refractivity contribution in [3.05, 3.63) is 28.8 Å². The van der Waals surface area contributed by atoms with Gasteiger partial charge in [0, 0.05) is 5.02 Å². The molecule has 0 aliphatic rings. The van der Waals surface area contributed by atoms with Crippen molar-refractivity contribution in [1.29, 1.82) is 0 Å². The van der Waals surface area contributed by atoms with Gasteiger partial charge in [0.25, 0.3) is 0 Å². The average Bonchev–Trinajstić information content (AvgIpc) is 2.39. The Kier molecular flexibility index (Phi) is 5.95. The third-order valence-corrected chi connectivity index (χ3v) is 2.35. The van der Waals surface area contributed by atoms with Crippen molar-refractivity contribution >= 4 is 35.1 Å². The molecule has 0 fully saturated rings.